The van der Waals surface area contributed by atoms with Gasteiger partial charge >= 0.3 is 6.09 Å². The van der Waals surface area contributed by atoms with Crippen LogP contribution in [-0.2, 0) is 51.0 Å². The largest absolute Gasteiger partial charge is 0.444 e. The van der Waals surface area contributed by atoms with Crippen LogP contribution in [0.1, 0.15) is 103 Å². The van der Waals surface area contributed by atoms with Crippen molar-refractivity contribution in [3.05, 3.63) is 107 Å². The molecule has 0 unspecified atom stereocenters. The molecule has 4 aliphatic carbocycles. The standard InChI is InChI=1S/C53H64F2N6O11/c1-28(59-46(68)40(21-34-25-56-27-57-34)61-48(69)72-49(3,4)5)44(66)58-29(2)45(67)60-33-10-8-9-31(20-33)19-30-11-13-32(14-12-30)47-70-43(41(64)26-62)52(71-47)18-16-36-37-23-39(54)38-22-35(63)15-17-50(38,6)53(37,55)42(65)24-51(36,52)7/h8-15,17,20,22,25,27-29,36-37,39-40,42-43,47,62,65H,16,18-19,21,23-24,26H2,1-7H3,(H,56,57)(H,58,66)(H,59,68)(H,60,67)(H,61,69)/t28-,29-,36-,37-,39-,40-,42-,43-,47+,50-,51-,52-,53-/m0/s1. The van der Waals surface area contributed by atoms with Gasteiger partial charge in [0.25, 0.3) is 0 Å². The van der Waals surface area contributed by atoms with E-state index in [2.05, 4.69) is 31.2 Å². The third-order valence-electron chi connectivity index (χ3n) is 15.6. The molecule has 0 radical (unpaired) electrons. The summed E-state index contributed by atoms with van der Waals surface area (Å²) in [7, 11) is 0. The Kier molecular flexibility index (Phi) is 14.3. The number of alkyl carbamates (subject to hydrolysis) is 1. The predicted octanol–water partition coefficient (Wildman–Crippen LogP) is 5.12. The summed E-state index contributed by atoms with van der Waals surface area (Å²) < 4.78 is 52.4. The number of benzene rings is 2. The molecule has 5 aliphatic rings. The highest BCUT2D eigenvalue weighted by atomic mass is 19.1. The Morgan fingerprint density at radius 3 is 2.36 bits per heavy atom. The number of aromatic amines is 1. The maximum absolute atomic E-state index is 17.8. The summed E-state index contributed by atoms with van der Waals surface area (Å²) >= 11 is 0. The second-order valence-electron chi connectivity index (χ2n) is 21.4. The number of aliphatic hydroxyl groups excluding tert-OH is 2. The number of ether oxygens (including phenoxy) is 3. The highest BCUT2D eigenvalue weighted by Crippen LogP contribution is 2.72. The summed E-state index contributed by atoms with van der Waals surface area (Å²) in [6.07, 6.45) is 1.04. The van der Waals surface area contributed by atoms with Crippen molar-refractivity contribution in [1.29, 1.82) is 0 Å². The van der Waals surface area contributed by atoms with Gasteiger partial charge in [-0.1, -0.05) is 49.4 Å². The van der Waals surface area contributed by atoms with Crippen LogP contribution in [0.25, 0.3) is 0 Å². The number of aliphatic hydroxyl groups is 2. The maximum Gasteiger partial charge on any atom is 0.408 e. The van der Waals surface area contributed by atoms with E-state index in [9.17, 15) is 39.0 Å². The monoisotopic (exact) mass is 998 g/mol. The van der Waals surface area contributed by atoms with E-state index in [0.717, 1.165) is 17.2 Å². The minimum Gasteiger partial charge on any atom is -0.444 e. The van der Waals surface area contributed by atoms with Crippen LogP contribution in [0, 0.1) is 22.7 Å². The van der Waals surface area contributed by atoms with Gasteiger partial charge in [-0.25, -0.2) is 18.6 Å². The lowest BCUT2D eigenvalue weighted by Crippen LogP contribution is -2.70. The fourth-order valence-corrected chi connectivity index (χ4v) is 12.0. The van der Waals surface area contributed by atoms with Crippen molar-refractivity contribution in [1.82, 2.24) is 25.9 Å². The van der Waals surface area contributed by atoms with Gasteiger partial charge in [-0.15, -0.1) is 0 Å². The molecule has 72 heavy (non-hydrogen) atoms. The van der Waals surface area contributed by atoms with Gasteiger partial charge in [-0.2, -0.15) is 0 Å². The van der Waals surface area contributed by atoms with Crippen LogP contribution in [0.3, 0.4) is 0 Å². The molecule has 1 aliphatic heterocycles. The molecule has 1 spiro atoms. The second kappa shape index (κ2) is 19.7. The molecule has 1 saturated heterocycles. The third kappa shape index (κ3) is 9.63. The number of allylic oxidation sites excluding steroid dienone is 4. The van der Waals surface area contributed by atoms with Crippen LogP contribution < -0.4 is 21.3 Å². The number of imidazole rings is 1. The Bertz CT molecular complexity index is 2660. The molecule has 17 nitrogen and oxygen atoms in total. The number of hydrogen-bond acceptors (Lipinski definition) is 12. The molecule has 8 rings (SSSR count). The molecule has 19 heteroatoms. The molecule has 386 valence electrons. The molecule has 7 N–H and O–H groups in total. The quantitative estimate of drug-likeness (QED) is 0.111. The van der Waals surface area contributed by atoms with Gasteiger partial charge in [0.1, 0.15) is 42.1 Å². The normalized spacial score (nSPS) is 31.8. The van der Waals surface area contributed by atoms with E-state index in [1.807, 2.05) is 25.1 Å². The first-order valence-electron chi connectivity index (χ1n) is 24.4. The number of amides is 4. The first kappa shape index (κ1) is 52.2. The van der Waals surface area contributed by atoms with Crippen molar-refractivity contribution in [2.24, 2.45) is 22.7 Å². The van der Waals surface area contributed by atoms with E-state index in [0.29, 0.717) is 29.8 Å². The number of carbonyl (C=O) groups is 6. The van der Waals surface area contributed by atoms with Crippen molar-refractivity contribution in [2.75, 3.05) is 11.9 Å². The van der Waals surface area contributed by atoms with Crippen molar-refractivity contribution >= 4 is 41.1 Å². The Morgan fingerprint density at radius 2 is 1.68 bits per heavy atom. The second-order valence-corrected chi connectivity index (χ2v) is 21.4. The number of carbonyl (C=O) groups excluding carboxylic acids is 6. The number of fused-ring (bicyclic) bond motifs is 6. The lowest BCUT2D eigenvalue weighted by Gasteiger charge is -2.63. The maximum atomic E-state index is 17.8. The Morgan fingerprint density at radius 1 is 0.972 bits per heavy atom. The topological polar surface area (TPSA) is 247 Å². The van der Waals surface area contributed by atoms with Gasteiger partial charge in [-0.3, -0.25) is 24.0 Å². The van der Waals surface area contributed by atoms with E-state index in [-0.39, 0.29) is 31.3 Å². The van der Waals surface area contributed by atoms with Gasteiger partial charge in [0, 0.05) is 46.3 Å². The minimum absolute atomic E-state index is 0.0242. The van der Waals surface area contributed by atoms with Crippen molar-refractivity contribution < 1.29 is 62.0 Å². The van der Waals surface area contributed by atoms with Gasteiger partial charge in [0.15, 0.2) is 29.6 Å². The van der Waals surface area contributed by atoms with E-state index in [1.165, 1.54) is 45.4 Å². The van der Waals surface area contributed by atoms with Gasteiger partial charge in [0.2, 0.25) is 17.7 Å². The molecule has 1 aromatic heterocycles. The minimum atomic E-state index is -2.30. The molecule has 0 bridgehead atoms. The molecular formula is C53H64F2N6O11. The van der Waals surface area contributed by atoms with Crippen LogP contribution in [0.5, 0.6) is 0 Å². The van der Waals surface area contributed by atoms with Crippen LogP contribution >= 0.6 is 0 Å². The molecule has 4 amide bonds. The van der Waals surface area contributed by atoms with Gasteiger partial charge < -0.3 is 50.7 Å². The highest BCUT2D eigenvalue weighted by Gasteiger charge is 2.77. The number of ketones is 2. The molecule has 3 saturated carbocycles. The summed E-state index contributed by atoms with van der Waals surface area (Å²) in [6, 6.07) is 11.3. The Labute approximate surface area is 416 Å². The van der Waals surface area contributed by atoms with Gasteiger partial charge in [-0.05, 0) is 121 Å². The van der Waals surface area contributed by atoms with Crippen molar-refractivity contribution in [3.63, 3.8) is 0 Å². The fraction of sp³-hybridized carbons (Fsp3) is 0.528. The van der Waals surface area contributed by atoms with E-state index in [1.54, 1.807) is 51.1 Å². The summed E-state index contributed by atoms with van der Waals surface area (Å²) in [5.74, 6) is -4.37. The number of anilines is 1. The molecule has 2 aromatic carbocycles. The average molecular weight is 999 g/mol. The first-order valence-corrected chi connectivity index (χ1v) is 24.4. The number of rotatable bonds is 14. The zero-order valence-electron chi connectivity index (χ0n) is 41.4. The Hall–Kier alpha value is -6.15. The summed E-state index contributed by atoms with van der Waals surface area (Å²) in [6.45, 7) is 10.6. The highest BCUT2D eigenvalue weighted by molar-refractivity contribution is 6.01. The smallest absolute Gasteiger partial charge is 0.408 e. The lowest BCUT2D eigenvalue weighted by molar-refractivity contribution is -0.230. The molecule has 13 atom stereocenters. The van der Waals surface area contributed by atoms with E-state index < -0.39 is 124 Å². The average Bonchev–Trinajstić information content (AvgIpc) is 4.05. The molecule has 3 aromatic rings. The zero-order chi connectivity index (χ0) is 52.1. The zero-order valence-corrected chi connectivity index (χ0v) is 41.4. The summed E-state index contributed by atoms with van der Waals surface area (Å²) in [5.41, 5.74) is -3.78. The number of alkyl halides is 2. The fourth-order valence-electron chi connectivity index (χ4n) is 12.0. The predicted molar refractivity (Wildman–Crippen MR) is 257 cm³/mol. The van der Waals surface area contributed by atoms with Crippen LogP contribution in [0.4, 0.5) is 19.3 Å². The number of H-pyrrole nitrogens is 1. The van der Waals surface area contributed by atoms with Crippen LogP contribution in [0.2, 0.25) is 0 Å². The number of halogens is 2. The van der Waals surface area contributed by atoms with Crippen molar-refractivity contribution in [2.45, 2.75) is 147 Å². The van der Waals surface area contributed by atoms with Gasteiger partial charge in [0.05, 0.1) is 12.4 Å². The molecule has 4 fully saturated rings. The number of nitrogens with zero attached hydrogens (tertiary/aromatic N) is 1. The SMILES string of the molecule is C[C@H](NC(=O)[C@H](C)NC(=O)[C@H](Cc1cnc[nH]1)NC(=O)OC(C)(C)C)C(=O)Nc1cccc(Cc2ccc([C@@H]3O[C@@H](C(=O)CO)[C@]4(CC[C@H]5[C@@H]6C[C@H](F)C7=CC(=O)C=C[C@]7(C)[C@@]6(F)[C@@H](O)C[C@@]54C)O3)cc2)c1. The number of aromatic nitrogens is 2. The van der Waals surface area contributed by atoms with Crippen molar-refractivity contribution in [3.8, 4) is 0 Å². The number of nitrogens with one attached hydrogen (secondary N) is 5. The molecule has 2 heterocycles. The summed E-state index contributed by atoms with van der Waals surface area (Å²) in [4.78, 5) is 85.0. The van der Waals surface area contributed by atoms with Crippen LogP contribution in [-0.4, -0.2) is 116 Å². The Balaban J connectivity index is 0.889. The number of hydrogen-bond donors (Lipinski definition) is 7. The lowest BCUT2D eigenvalue weighted by atomic mass is 9.44. The van der Waals surface area contributed by atoms with E-state index >= 15 is 8.78 Å². The third-order valence-corrected chi connectivity index (χ3v) is 15.6. The van der Waals surface area contributed by atoms with E-state index in [4.69, 9.17) is 14.2 Å². The van der Waals surface area contributed by atoms with Crippen LogP contribution in [0.15, 0.2) is 84.9 Å². The number of Topliss-reactive ketones (excluding diaryl/α,β-unsaturated/α-hetero) is 1. The first-order chi connectivity index (χ1) is 33.9. The summed E-state index contributed by atoms with van der Waals surface area (Å²) in [5, 5.41) is 32.6. The molecular weight excluding hydrogens is 935 g/mol.